The van der Waals surface area contributed by atoms with Gasteiger partial charge < -0.3 is 21.1 Å². The van der Waals surface area contributed by atoms with Gasteiger partial charge in [0.1, 0.15) is 23.3 Å². The van der Waals surface area contributed by atoms with Crippen molar-refractivity contribution in [1.29, 1.82) is 0 Å². The molecule has 0 aliphatic carbocycles. The van der Waals surface area contributed by atoms with Crippen LogP contribution in [0.25, 0.3) is 16.9 Å². The first-order chi connectivity index (χ1) is 18.8. The Bertz CT molecular complexity index is 1590. The number of likely N-dealkylation sites (N-methyl/N-ethyl adjacent to an activating group) is 1. The Balaban J connectivity index is 1.35. The molecule has 12 heteroatoms. The van der Waals surface area contributed by atoms with E-state index in [9.17, 15) is 14.4 Å². The Morgan fingerprint density at radius 1 is 1.08 bits per heavy atom. The van der Waals surface area contributed by atoms with Crippen molar-refractivity contribution in [2.75, 3.05) is 39.0 Å². The van der Waals surface area contributed by atoms with E-state index in [2.05, 4.69) is 9.97 Å². The Kier molecular flexibility index (Phi) is 7.10. The lowest BCUT2D eigenvalue weighted by molar-refractivity contribution is -0.131. The van der Waals surface area contributed by atoms with Gasteiger partial charge in [-0.15, -0.1) is 0 Å². The average Bonchev–Trinajstić information content (AvgIpc) is 3.17. The normalized spacial score (nSPS) is 13.7. The molecule has 2 aromatic carbocycles. The molecule has 2 aromatic heterocycles. The number of hydrogen-bond donors (Lipinski definition) is 2. The summed E-state index contributed by atoms with van der Waals surface area (Å²) in [6.07, 6.45) is 4.45. The SMILES string of the molecule is CN(C/C=C/C(=O)N1CC(n2c(=O)n(-c3ccc(Oc4ccccc4)cc3)c3c(N)ncnc32)C1)CC(N)=O. The number of anilines is 1. The molecule has 0 spiro atoms. The highest BCUT2D eigenvalue weighted by molar-refractivity contribution is 5.88. The number of primary amides is 1. The van der Waals surface area contributed by atoms with E-state index in [0.29, 0.717) is 48.0 Å². The smallest absolute Gasteiger partial charge is 0.335 e. The number of imidazole rings is 1. The fraction of sp³-hybridized carbons (Fsp3) is 0.222. The summed E-state index contributed by atoms with van der Waals surface area (Å²) < 4.78 is 8.91. The molecule has 3 heterocycles. The largest absolute Gasteiger partial charge is 0.457 e. The Morgan fingerprint density at radius 2 is 1.77 bits per heavy atom. The molecule has 0 saturated carbocycles. The van der Waals surface area contributed by atoms with Gasteiger partial charge in [-0.05, 0) is 43.4 Å². The van der Waals surface area contributed by atoms with Gasteiger partial charge in [0.2, 0.25) is 11.8 Å². The first kappa shape index (κ1) is 25.7. The van der Waals surface area contributed by atoms with Gasteiger partial charge in [-0.25, -0.2) is 14.8 Å². The van der Waals surface area contributed by atoms with E-state index in [1.54, 1.807) is 51.8 Å². The molecule has 0 radical (unpaired) electrons. The van der Waals surface area contributed by atoms with Crippen LogP contribution in [0.15, 0.2) is 77.9 Å². The number of benzene rings is 2. The molecule has 39 heavy (non-hydrogen) atoms. The first-order valence-electron chi connectivity index (χ1n) is 12.3. The van der Waals surface area contributed by atoms with E-state index in [-0.39, 0.29) is 30.0 Å². The number of ether oxygens (including phenoxy) is 1. The Hall–Kier alpha value is -4.97. The molecule has 0 atom stereocenters. The van der Waals surface area contributed by atoms with E-state index in [1.807, 2.05) is 30.3 Å². The fourth-order valence-corrected chi connectivity index (χ4v) is 4.49. The van der Waals surface area contributed by atoms with Crippen LogP contribution in [0.5, 0.6) is 11.5 Å². The number of nitrogen functional groups attached to an aromatic ring is 1. The number of carbonyl (C=O) groups excluding carboxylic acids is 2. The average molecular weight is 529 g/mol. The molecule has 1 aliphatic rings. The summed E-state index contributed by atoms with van der Waals surface area (Å²) in [5, 5.41) is 0. The van der Waals surface area contributed by atoms with E-state index in [1.165, 1.54) is 17.0 Å². The first-order valence-corrected chi connectivity index (χ1v) is 12.3. The van der Waals surface area contributed by atoms with E-state index < -0.39 is 5.91 Å². The predicted octanol–water partition coefficient (Wildman–Crippen LogP) is 1.31. The minimum atomic E-state index is -0.437. The van der Waals surface area contributed by atoms with Crippen molar-refractivity contribution in [2.24, 2.45) is 5.73 Å². The third-order valence-electron chi connectivity index (χ3n) is 6.40. The maximum atomic E-state index is 13.7. The van der Waals surface area contributed by atoms with Crippen LogP contribution in [0.2, 0.25) is 0 Å². The third-order valence-corrected chi connectivity index (χ3v) is 6.40. The second kappa shape index (κ2) is 10.8. The summed E-state index contributed by atoms with van der Waals surface area (Å²) in [6.45, 7) is 1.19. The van der Waals surface area contributed by atoms with Crippen LogP contribution in [-0.2, 0) is 9.59 Å². The number of carbonyl (C=O) groups is 2. The molecule has 1 aliphatic heterocycles. The van der Waals surface area contributed by atoms with Crippen LogP contribution < -0.4 is 21.9 Å². The highest BCUT2D eigenvalue weighted by atomic mass is 16.5. The van der Waals surface area contributed by atoms with Crippen molar-refractivity contribution in [3.63, 3.8) is 0 Å². The summed E-state index contributed by atoms with van der Waals surface area (Å²) in [5.41, 5.74) is 12.4. The molecular formula is C27H28N8O4. The fourth-order valence-electron chi connectivity index (χ4n) is 4.49. The number of nitrogens with two attached hydrogens (primary N) is 2. The zero-order valence-corrected chi connectivity index (χ0v) is 21.3. The van der Waals surface area contributed by atoms with Gasteiger partial charge in [-0.1, -0.05) is 24.3 Å². The molecule has 0 bridgehead atoms. The van der Waals surface area contributed by atoms with Crippen LogP contribution >= 0.6 is 0 Å². The van der Waals surface area contributed by atoms with E-state index in [4.69, 9.17) is 16.2 Å². The monoisotopic (exact) mass is 528 g/mol. The second-order valence-electron chi connectivity index (χ2n) is 9.29. The van der Waals surface area contributed by atoms with Crippen LogP contribution in [-0.4, -0.2) is 73.9 Å². The summed E-state index contributed by atoms with van der Waals surface area (Å²) >= 11 is 0. The van der Waals surface area contributed by atoms with Gasteiger partial charge >= 0.3 is 5.69 Å². The molecule has 0 unspecified atom stereocenters. The van der Waals surface area contributed by atoms with Crippen LogP contribution in [0.1, 0.15) is 6.04 Å². The van der Waals surface area contributed by atoms with Crippen LogP contribution in [0.3, 0.4) is 0 Å². The van der Waals surface area contributed by atoms with Gasteiger partial charge in [0.05, 0.1) is 18.3 Å². The second-order valence-corrected chi connectivity index (χ2v) is 9.29. The maximum Gasteiger partial charge on any atom is 0.335 e. The van der Waals surface area contributed by atoms with Gasteiger partial charge in [0.15, 0.2) is 11.5 Å². The molecule has 2 amide bonds. The minimum absolute atomic E-state index is 0.102. The number of fused-ring (bicyclic) bond motifs is 1. The summed E-state index contributed by atoms with van der Waals surface area (Å²) in [6, 6.07) is 16.2. The van der Waals surface area contributed by atoms with Crippen LogP contribution in [0, 0.1) is 0 Å². The predicted molar refractivity (Wildman–Crippen MR) is 146 cm³/mol. The molecule has 12 nitrogen and oxygen atoms in total. The van der Waals surface area contributed by atoms with Crippen LogP contribution in [0.4, 0.5) is 5.82 Å². The number of nitrogens with zero attached hydrogens (tertiary/aromatic N) is 6. The van der Waals surface area contributed by atoms with Gasteiger partial charge in [0, 0.05) is 25.7 Å². The zero-order chi connectivity index (χ0) is 27.5. The van der Waals surface area contributed by atoms with Gasteiger partial charge in [-0.3, -0.25) is 23.6 Å². The zero-order valence-electron chi connectivity index (χ0n) is 21.3. The summed E-state index contributed by atoms with van der Waals surface area (Å²) in [7, 11) is 1.73. The topological polar surface area (TPSA) is 155 Å². The van der Waals surface area contributed by atoms with Crippen molar-refractivity contribution in [3.05, 3.63) is 83.6 Å². The summed E-state index contributed by atoms with van der Waals surface area (Å²) in [4.78, 5) is 49.0. The Morgan fingerprint density at radius 3 is 2.46 bits per heavy atom. The lowest BCUT2D eigenvalue weighted by Gasteiger charge is -2.38. The quantitative estimate of drug-likeness (QED) is 0.308. The summed E-state index contributed by atoms with van der Waals surface area (Å²) in [5.74, 6) is 0.879. The van der Waals surface area contributed by atoms with Crippen molar-refractivity contribution < 1.29 is 14.3 Å². The number of likely N-dealkylation sites (tertiary alicyclic amines) is 1. The van der Waals surface area contributed by atoms with Gasteiger partial charge in [-0.2, -0.15) is 0 Å². The molecule has 1 saturated heterocycles. The van der Waals surface area contributed by atoms with E-state index in [0.717, 1.165) is 0 Å². The number of rotatable bonds is 9. The van der Waals surface area contributed by atoms with Crippen molar-refractivity contribution in [3.8, 4) is 17.2 Å². The third kappa shape index (κ3) is 5.36. The molecular weight excluding hydrogens is 500 g/mol. The lowest BCUT2D eigenvalue weighted by atomic mass is 10.1. The van der Waals surface area contributed by atoms with Crippen molar-refractivity contribution in [1.82, 2.24) is 28.9 Å². The Labute approximate surface area is 223 Å². The lowest BCUT2D eigenvalue weighted by Crippen LogP contribution is -2.52. The molecule has 1 fully saturated rings. The van der Waals surface area contributed by atoms with Crippen molar-refractivity contribution >= 4 is 28.8 Å². The number of hydrogen-bond acceptors (Lipinski definition) is 8. The molecule has 5 rings (SSSR count). The van der Waals surface area contributed by atoms with Gasteiger partial charge in [0.25, 0.3) is 0 Å². The maximum absolute atomic E-state index is 13.7. The molecule has 4 aromatic rings. The standard InChI is InChI=1S/C27H28N8O4/c1-32(16-22(28)36)13-5-8-23(37)33-14-19(15-33)35-26-24(25(29)30-17-31-26)34(27(35)38)18-9-11-21(12-10-18)39-20-6-3-2-4-7-20/h2-12,17,19H,13-16H2,1H3,(H2,28,36)(H2,29,30,31)/b8-5+. The number of aromatic nitrogens is 4. The van der Waals surface area contributed by atoms with E-state index >= 15 is 0 Å². The number of amides is 2. The number of para-hydroxylation sites is 1. The molecule has 4 N–H and O–H groups in total. The highest BCUT2D eigenvalue weighted by Gasteiger charge is 2.35. The highest BCUT2D eigenvalue weighted by Crippen LogP contribution is 2.28. The van der Waals surface area contributed by atoms with Crippen molar-refractivity contribution in [2.45, 2.75) is 6.04 Å². The molecule has 200 valence electrons. The minimum Gasteiger partial charge on any atom is -0.457 e.